The van der Waals surface area contributed by atoms with E-state index in [1.807, 2.05) is 4.90 Å². The molecule has 0 aliphatic heterocycles. The van der Waals surface area contributed by atoms with E-state index < -0.39 is 0 Å². The average Bonchev–Trinajstić information content (AvgIpc) is 2.90. The number of aryl methyl sites for hydroxylation is 1. The Kier molecular flexibility index (Phi) is 5.21. The lowest BCUT2D eigenvalue weighted by molar-refractivity contribution is 0.152. The van der Waals surface area contributed by atoms with E-state index in [0.717, 1.165) is 12.8 Å². The van der Waals surface area contributed by atoms with Crippen LogP contribution in [0.3, 0.4) is 0 Å². The van der Waals surface area contributed by atoms with Crippen LogP contribution in [0.15, 0.2) is 24.3 Å². The Hall–Kier alpha value is -1.55. The molecule has 0 radical (unpaired) electrons. The fraction of sp³-hybridized carbons (Fsp3) is 0.632. The summed E-state index contributed by atoms with van der Waals surface area (Å²) in [6.07, 6.45) is 6.38. The normalized spacial score (nSPS) is 21.4. The van der Waals surface area contributed by atoms with E-state index >= 15 is 0 Å². The van der Waals surface area contributed by atoms with Gasteiger partial charge in [0.05, 0.1) is 6.04 Å². The maximum atomic E-state index is 12.8. The summed E-state index contributed by atoms with van der Waals surface area (Å²) in [6, 6.07) is 8.83. The van der Waals surface area contributed by atoms with Gasteiger partial charge in [0, 0.05) is 19.2 Å². The van der Waals surface area contributed by atoms with Gasteiger partial charge >= 0.3 is 6.03 Å². The van der Waals surface area contributed by atoms with Crippen molar-refractivity contribution in [3.05, 3.63) is 35.4 Å². The van der Waals surface area contributed by atoms with E-state index in [4.69, 9.17) is 0 Å². The molecule has 1 fully saturated rings. The van der Waals surface area contributed by atoms with Crippen LogP contribution < -0.4 is 5.32 Å². The monoisotopic (exact) mass is 316 g/mol. The van der Waals surface area contributed by atoms with Crippen molar-refractivity contribution < 1.29 is 9.90 Å². The fourth-order valence-corrected chi connectivity index (χ4v) is 3.83. The lowest BCUT2D eigenvalue weighted by Gasteiger charge is -2.35. The topological polar surface area (TPSA) is 52.6 Å². The van der Waals surface area contributed by atoms with Crippen molar-refractivity contribution in [2.45, 2.75) is 57.5 Å². The Morgan fingerprint density at radius 1 is 1.35 bits per heavy atom. The van der Waals surface area contributed by atoms with Gasteiger partial charge in [-0.25, -0.2) is 4.79 Å². The van der Waals surface area contributed by atoms with Crippen LogP contribution in [-0.4, -0.2) is 35.2 Å². The van der Waals surface area contributed by atoms with E-state index in [2.05, 4.69) is 36.5 Å². The van der Waals surface area contributed by atoms with Crippen molar-refractivity contribution in [1.82, 2.24) is 10.2 Å². The minimum absolute atomic E-state index is 0.0274. The van der Waals surface area contributed by atoms with Crippen LogP contribution in [0.4, 0.5) is 4.79 Å². The molecule has 23 heavy (non-hydrogen) atoms. The second kappa shape index (κ2) is 7.35. The Morgan fingerprint density at radius 2 is 2.13 bits per heavy atom. The van der Waals surface area contributed by atoms with Gasteiger partial charge in [0.15, 0.2) is 0 Å². The van der Waals surface area contributed by atoms with E-state index in [1.54, 1.807) is 0 Å². The second-order valence-electron chi connectivity index (χ2n) is 6.95. The molecule has 2 atom stereocenters. The molecule has 2 unspecified atom stereocenters. The summed E-state index contributed by atoms with van der Waals surface area (Å²) in [5.74, 6) is 0.634. The molecule has 4 heteroatoms. The zero-order valence-corrected chi connectivity index (χ0v) is 14.0. The second-order valence-corrected chi connectivity index (χ2v) is 6.95. The van der Waals surface area contributed by atoms with Gasteiger partial charge in [-0.3, -0.25) is 0 Å². The number of rotatable bonds is 6. The van der Waals surface area contributed by atoms with Crippen LogP contribution in [0.25, 0.3) is 0 Å². The predicted molar refractivity (Wildman–Crippen MR) is 91.2 cm³/mol. The van der Waals surface area contributed by atoms with Crippen LogP contribution in [-0.2, 0) is 6.42 Å². The molecule has 0 spiro atoms. The maximum Gasteiger partial charge on any atom is 0.318 e. The van der Waals surface area contributed by atoms with Gasteiger partial charge in [-0.15, -0.1) is 0 Å². The van der Waals surface area contributed by atoms with E-state index in [1.165, 1.54) is 30.4 Å². The lowest BCUT2D eigenvalue weighted by Crippen LogP contribution is -2.48. The van der Waals surface area contributed by atoms with Crippen molar-refractivity contribution in [2.75, 3.05) is 13.2 Å². The van der Waals surface area contributed by atoms with Gasteiger partial charge in [-0.1, -0.05) is 30.7 Å². The molecule has 126 valence electrons. The van der Waals surface area contributed by atoms with Gasteiger partial charge in [0.2, 0.25) is 0 Å². The highest BCUT2D eigenvalue weighted by Gasteiger charge is 2.32. The molecule has 0 aromatic heterocycles. The largest absolute Gasteiger partial charge is 0.396 e. The molecule has 2 amide bonds. The number of amides is 2. The Labute approximate surface area is 138 Å². The van der Waals surface area contributed by atoms with Crippen LogP contribution in [0.1, 0.15) is 56.2 Å². The first-order valence-electron chi connectivity index (χ1n) is 8.96. The molecule has 1 aromatic carbocycles. The standard InChI is InChI=1S/C19H28N2O2/c1-14(15-7-4-8-15)20-19(23)21(12-5-13-22)18-11-10-16-6-2-3-9-17(16)18/h2-3,6,9,14-15,18,22H,4-5,7-8,10-13H2,1H3,(H,20,23). The van der Waals surface area contributed by atoms with Crippen molar-refractivity contribution in [3.63, 3.8) is 0 Å². The number of aliphatic hydroxyl groups is 1. The Bertz CT molecular complexity index is 542. The molecular weight excluding hydrogens is 288 g/mol. The number of carbonyl (C=O) groups is 1. The number of nitrogens with one attached hydrogen (secondary N) is 1. The maximum absolute atomic E-state index is 12.8. The van der Waals surface area contributed by atoms with E-state index in [-0.39, 0.29) is 24.7 Å². The molecule has 2 aliphatic carbocycles. The van der Waals surface area contributed by atoms with Crippen LogP contribution >= 0.6 is 0 Å². The number of hydrogen-bond acceptors (Lipinski definition) is 2. The first kappa shape index (κ1) is 16.3. The zero-order chi connectivity index (χ0) is 16.2. The summed E-state index contributed by atoms with van der Waals surface area (Å²) in [6.45, 7) is 2.85. The third-order valence-electron chi connectivity index (χ3n) is 5.50. The fourth-order valence-electron chi connectivity index (χ4n) is 3.83. The number of aliphatic hydroxyl groups excluding tert-OH is 1. The molecule has 0 bridgehead atoms. The number of fused-ring (bicyclic) bond motifs is 1. The molecule has 4 nitrogen and oxygen atoms in total. The highest BCUT2D eigenvalue weighted by molar-refractivity contribution is 5.75. The van der Waals surface area contributed by atoms with Crippen molar-refractivity contribution in [2.24, 2.45) is 5.92 Å². The van der Waals surface area contributed by atoms with Crippen molar-refractivity contribution in [3.8, 4) is 0 Å². The quantitative estimate of drug-likeness (QED) is 0.846. The van der Waals surface area contributed by atoms with Crippen molar-refractivity contribution in [1.29, 1.82) is 0 Å². The van der Waals surface area contributed by atoms with Crippen molar-refractivity contribution >= 4 is 6.03 Å². The zero-order valence-electron chi connectivity index (χ0n) is 14.0. The molecule has 2 aliphatic rings. The van der Waals surface area contributed by atoms with Gasteiger partial charge in [0.25, 0.3) is 0 Å². The molecule has 0 saturated heterocycles. The van der Waals surface area contributed by atoms with Crippen LogP contribution in [0, 0.1) is 5.92 Å². The third kappa shape index (κ3) is 3.52. The number of carbonyl (C=O) groups excluding carboxylic acids is 1. The molecule has 1 aromatic rings. The number of urea groups is 1. The molecular formula is C19H28N2O2. The van der Waals surface area contributed by atoms with E-state index in [0.29, 0.717) is 18.9 Å². The summed E-state index contributed by atoms with van der Waals surface area (Å²) in [4.78, 5) is 14.8. The molecule has 1 saturated carbocycles. The Morgan fingerprint density at radius 3 is 2.83 bits per heavy atom. The molecule has 2 N–H and O–H groups in total. The predicted octanol–water partition coefficient (Wildman–Crippen LogP) is 3.26. The van der Waals surface area contributed by atoms with Gasteiger partial charge in [-0.05, 0) is 56.1 Å². The average molecular weight is 316 g/mol. The summed E-state index contributed by atoms with van der Waals surface area (Å²) in [5, 5.41) is 12.4. The summed E-state index contributed by atoms with van der Waals surface area (Å²) in [5.41, 5.74) is 2.63. The lowest BCUT2D eigenvalue weighted by atomic mass is 9.80. The van der Waals surface area contributed by atoms with E-state index in [9.17, 15) is 9.90 Å². The third-order valence-corrected chi connectivity index (χ3v) is 5.50. The summed E-state index contributed by atoms with van der Waals surface area (Å²) < 4.78 is 0. The summed E-state index contributed by atoms with van der Waals surface area (Å²) in [7, 11) is 0. The minimum Gasteiger partial charge on any atom is -0.396 e. The highest BCUT2D eigenvalue weighted by atomic mass is 16.3. The summed E-state index contributed by atoms with van der Waals surface area (Å²) >= 11 is 0. The number of hydrogen-bond donors (Lipinski definition) is 2. The molecule has 3 rings (SSSR count). The van der Waals surface area contributed by atoms with Crippen LogP contribution in [0.2, 0.25) is 0 Å². The first-order valence-corrected chi connectivity index (χ1v) is 8.96. The van der Waals surface area contributed by atoms with Gasteiger partial charge in [-0.2, -0.15) is 0 Å². The number of benzene rings is 1. The highest BCUT2D eigenvalue weighted by Crippen LogP contribution is 2.36. The first-order chi connectivity index (χ1) is 11.2. The minimum atomic E-state index is 0.0274. The SMILES string of the molecule is CC(NC(=O)N(CCCO)C1CCc2ccccc21)C1CCC1. The molecule has 0 heterocycles. The Balaban J connectivity index is 1.71. The van der Waals surface area contributed by atoms with Gasteiger partial charge in [0.1, 0.15) is 0 Å². The van der Waals surface area contributed by atoms with Gasteiger partial charge < -0.3 is 15.3 Å². The number of nitrogens with zero attached hydrogens (tertiary/aromatic N) is 1. The smallest absolute Gasteiger partial charge is 0.318 e. The van der Waals surface area contributed by atoms with Crippen LogP contribution in [0.5, 0.6) is 0 Å².